The van der Waals surface area contributed by atoms with Crippen LogP contribution in [-0.4, -0.2) is 17.6 Å². The molecular weight excluding hydrogens is 180 g/mol. The minimum atomic E-state index is -0.816. The first kappa shape index (κ1) is 10.4. The standard InChI is InChI=1S/C10H14N2O2/c1-7-2-3-9(8(11)6-7)12-5-4-10(13)14/h2-3,6,12H,4-5,11H2,1H3,(H,13,14). The van der Waals surface area contributed by atoms with E-state index in [2.05, 4.69) is 5.32 Å². The lowest BCUT2D eigenvalue weighted by atomic mass is 10.2. The molecule has 0 saturated carbocycles. The second-order valence-corrected chi connectivity index (χ2v) is 3.16. The number of hydrogen-bond donors (Lipinski definition) is 3. The molecule has 76 valence electrons. The maximum Gasteiger partial charge on any atom is 0.305 e. The molecule has 4 nitrogen and oxygen atoms in total. The number of rotatable bonds is 4. The number of carbonyl (C=O) groups is 1. The number of aliphatic carboxylic acids is 1. The van der Waals surface area contributed by atoms with E-state index in [4.69, 9.17) is 10.8 Å². The van der Waals surface area contributed by atoms with Crippen LogP contribution in [0, 0.1) is 6.92 Å². The molecule has 0 fully saturated rings. The number of nitrogens with two attached hydrogens (primary N) is 1. The number of benzene rings is 1. The summed E-state index contributed by atoms with van der Waals surface area (Å²) in [5.41, 5.74) is 8.25. The lowest BCUT2D eigenvalue weighted by molar-refractivity contribution is -0.136. The van der Waals surface area contributed by atoms with E-state index in [9.17, 15) is 4.79 Å². The van der Waals surface area contributed by atoms with Gasteiger partial charge in [0.1, 0.15) is 0 Å². The van der Waals surface area contributed by atoms with E-state index in [1.165, 1.54) is 0 Å². The molecule has 0 amide bonds. The average molecular weight is 194 g/mol. The summed E-state index contributed by atoms with van der Waals surface area (Å²) < 4.78 is 0. The maximum absolute atomic E-state index is 10.3. The highest BCUT2D eigenvalue weighted by Crippen LogP contribution is 2.18. The van der Waals surface area contributed by atoms with Crippen molar-refractivity contribution in [3.8, 4) is 0 Å². The summed E-state index contributed by atoms with van der Waals surface area (Å²) in [5, 5.41) is 11.4. The molecule has 1 aromatic rings. The van der Waals surface area contributed by atoms with Crippen molar-refractivity contribution in [1.82, 2.24) is 0 Å². The lowest BCUT2D eigenvalue weighted by Gasteiger charge is -2.08. The molecule has 0 bridgehead atoms. The minimum Gasteiger partial charge on any atom is -0.481 e. The maximum atomic E-state index is 10.3. The lowest BCUT2D eigenvalue weighted by Crippen LogP contribution is -2.08. The average Bonchev–Trinajstić information content (AvgIpc) is 2.08. The molecule has 0 saturated heterocycles. The van der Waals surface area contributed by atoms with Gasteiger partial charge in [0.15, 0.2) is 0 Å². The molecule has 4 N–H and O–H groups in total. The van der Waals surface area contributed by atoms with Crippen LogP contribution >= 0.6 is 0 Å². The smallest absolute Gasteiger partial charge is 0.305 e. The summed E-state index contributed by atoms with van der Waals surface area (Å²) in [4.78, 5) is 10.3. The quantitative estimate of drug-likeness (QED) is 0.634. The molecule has 0 atom stereocenters. The zero-order valence-corrected chi connectivity index (χ0v) is 8.08. The first-order chi connectivity index (χ1) is 6.59. The third-order valence-corrected chi connectivity index (χ3v) is 1.86. The van der Waals surface area contributed by atoms with Crippen molar-refractivity contribution in [3.63, 3.8) is 0 Å². The minimum absolute atomic E-state index is 0.0906. The van der Waals surface area contributed by atoms with Gasteiger partial charge in [-0.15, -0.1) is 0 Å². The summed E-state index contributed by atoms with van der Waals surface area (Å²) in [6.07, 6.45) is 0.0906. The molecule has 0 aliphatic rings. The molecule has 0 unspecified atom stereocenters. The Kier molecular flexibility index (Phi) is 3.34. The highest BCUT2D eigenvalue weighted by molar-refractivity contribution is 5.70. The number of anilines is 2. The molecule has 4 heteroatoms. The summed E-state index contributed by atoms with van der Waals surface area (Å²) >= 11 is 0. The number of nitrogen functional groups attached to an aromatic ring is 1. The van der Waals surface area contributed by atoms with Crippen LogP contribution in [0.5, 0.6) is 0 Å². The Balaban J connectivity index is 2.55. The highest BCUT2D eigenvalue weighted by atomic mass is 16.4. The summed E-state index contributed by atoms with van der Waals surface area (Å²) in [7, 11) is 0. The van der Waals surface area contributed by atoms with E-state index in [1.54, 1.807) is 0 Å². The van der Waals surface area contributed by atoms with E-state index in [-0.39, 0.29) is 6.42 Å². The molecule has 0 spiro atoms. The molecule has 1 rings (SSSR count). The van der Waals surface area contributed by atoms with Crippen LogP contribution < -0.4 is 11.1 Å². The third-order valence-electron chi connectivity index (χ3n) is 1.86. The van der Waals surface area contributed by atoms with Crippen LogP contribution in [0.1, 0.15) is 12.0 Å². The molecule has 14 heavy (non-hydrogen) atoms. The topological polar surface area (TPSA) is 75.3 Å². The molecular formula is C10H14N2O2. The molecule has 0 aromatic heterocycles. The SMILES string of the molecule is Cc1ccc(NCCC(=O)O)c(N)c1. The first-order valence-corrected chi connectivity index (χ1v) is 4.41. The summed E-state index contributed by atoms with van der Waals surface area (Å²) in [6.45, 7) is 2.35. The fourth-order valence-corrected chi connectivity index (χ4v) is 1.15. The Morgan fingerprint density at radius 3 is 2.86 bits per heavy atom. The molecule has 0 heterocycles. The van der Waals surface area contributed by atoms with Gasteiger partial charge in [-0.3, -0.25) is 4.79 Å². The largest absolute Gasteiger partial charge is 0.481 e. The van der Waals surface area contributed by atoms with Crippen LogP contribution in [0.25, 0.3) is 0 Å². The van der Waals surface area contributed by atoms with E-state index < -0.39 is 5.97 Å². The molecule has 0 aliphatic heterocycles. The Morgan fingerprint density at radius 1 is 1.57 bits per heavy atom. The van der Waals surface area contributed by atoms with Gasteiger partial charge in [0.05, 0.1) is 17.8 Å². The number of carboxylic acids is 1. The molecule has 0 aliphatic carbocycles. The second kappa shape index (κ2) is 4.50. The molecule has 0 radical (unpaired) electrons. The fourth-order valence-electron chi connectivity index (χ4n) is 1.15. The predicted octanol–water partition coefficient (Wildman–Crippen LogP) is 1.46. The third kappa shape index (κ3) is 2.97. The zero-order chi connectivity index (χ0) is 10.6. The van der Waals surface area contributed by atoms with Crippen molar-refractivity contribution >= 4 is 17.3 Å². The number of aryl methyl sites for hydroxylation is 1. The van der Waals surface area contributed by atoms with Gasteiger partial charge >= 0.3 is 5.97 Å². The van der Waals surface area contributed by atoms with Gasteiger partial charge in [-0.25, -0.2) is 0 Å². The second-order valence-electron chi connectivity index (χ2n) is 3.16. The van der Waals surface area contributed by atoms with Crippen LogP contribution in [-0.2, 0) is 4.79 Å². The van der Waals surface area contributed by atoms with E-state index in [1.807, 2.05) is 25.1 Å². The van der Waals surface area contributed by atoms with Gasteiger partial charge in [0.25, 0.3) is 0 Å². The number of carboxylic acid groups (broad SMARTS) is 1. The van der Waals surface area contributed by atoms with Gasteiger partial charge in [-0.05, 0) is 24.6 Å². The monoisotopic (exact) mass is 194 g/mol. The van der Waals surface area contributed by atoms with E-state index in [0.29, 0.717) is 12.2 Å². The van der Waals surface area contributed by atoms with Crippen LogP contribution in [0.2, 0.25) is 0 Å². The predicted molar refractivity (Wildman–Crippen MR) is 56.3 cm³/mol. The Morgan fingerprint density at radius 2 is 2.29 bits per heavy atom. The van der Waals surface area contributed by atoms with Crippen LogP contribution in [0.3, 0.4) is 0 Å². The normalized spacial score (nSPS) is 9.79. The van der Waals surface area contributed by atoms with Gasteiger partial charge in [0, 0.05) is 6.54 Å². The molecule has 1 aromatic carbocycles. The first-order valence-electron chi connectivity index (χ1n) is 4.41. The van der Waals surface area contributed by atoms with Crippen molar-refractivity contribution in [2.45, 2.75) is 13.3 Å². The van der Waals surface area contributed by atoms with Crippen molar-refractivity contribution in [2.24, 2.45) is 0 Å². The summed E-state index contributed by atoms with van der Waals surface area (Å²) in [6, 6.07) is 5.63. The van der Waals surface area contributed by atoms with E-state index in [0.717, 1.165) is 11.3 Å². The van der Waals surface area contributed by atoms with E-state index >= 15 is 0 Å². The van der Waals surface area contributed by atoms with Crippen molar-refractivity contribution in [2.75, 3.05) is 17.6 Å². The Bertz CT molecular complexity index is 337. The van der Waals surface area contributed by atoms with Gasteiger partial charge in [0.2, 0.25) is 0 Å². The Labute approximate surface area is 82.7 Å². The van der Waals surface area contributed by atoms with Gasteiger partial charge in [-0.2, -0.15) is 0 Å². The van der Waals surface area contributed by atoms with Crippen molar-refractivity contribution in [1.29, 1.82) is 0 Å². The fraction of sp³-hybridized carbons (Fsp3) is 0.300. The number of nitrogens with one attached hydrogen (secondary N) is 1. The van der Waals surface area contributed by atoms with Crippen molar-refractivity contribution in [3.05, 3.63) is 23.8 Å². The van der Waals surface area contributed by atoms with Gasteiger partial charge < -0.3 is 16.2 Å². The highest BCUT2D eigenvalue weighted by Gasteiger charge is 2.00. The van der Waals surface area contributed by atoms with Crippen molar-refractivity contribution < 1.29 is 9.90 Å². The Hall–Kier alpha value is -1.71. The number of hydrogen-bond acceptors (Lipinski definition) is 3. The zero-order valence-electron chi connectivity index (χ0n) is 8.08. The van der Waals surface area contributed by atoms with Crippen LogP contribution in [0.4, 0.5) is 11.4 Å². The van der Waals surface area contributed by atoms with Gasteiger partial charge in [-0.1, -0.05) is 6.07 Å². The van der Waals surface area contributed by atoms with Crippen LogP contribution in [0.15, 0.2) is 18.2 Å². The summed E-state index contributed by atoms with van der Waals surface area (Å²) in [5.74, 6) is -0.816.